The summed E-state index contributed by atoms with van der Waals surface area (Å²) in [6.45, 7) is 0. The molecule has 1 aromatic heterocycles. The van der Waals surface area contributed by atoms with Crippen LogP contribution in [0.5, 0.6) is 0 Å². The fraction of sp³-hybridized carbons (Fsp3) is 0.308. The second-order valence-electron chi connectivity index (χ2n) is 4.24. The van der Waals surface area contributed by atoms with Crippen LogP contribution in [0, 0.1) is 11.3 Å². The summed E-state index contributed by atoms with van der Waals surface area (Å²) in [7, 11) is 0. The first kappa shape index (κ1) is 11.3. The summed E-state index contributed by atoms with van der Waals surface area (Å²) in [5, 5.41) is 11.4. The number of nitrogens with one attached hydrogen (secondary N) is 1. The van der Waals surface area contributed by atoms with Crippen LogP contribution in [0.3, 0.4) is 0 Å². The summed E-state index contributed by atoms with van der Waals surface area (Å²) >= 11 is -0.554. The summed E-state index contributed by atoms with van der Waals surface area (Å²) < 4.78 is 0. The molecule has 2 aromatic rings. The number of H-pyrrole nitrogens is 1. The molecule has 3 heteroatoms. The molecular weight excluding hydrogens is 259 g/mol. The Hall–Kier alpha value is -1.19. The molecule has 2 nitrogen and oxygen atoms in total. The quantitative estimate of drug-likeness (QED) is 0.857. The average Bonchev–Trinajstić information content (AvgIpc) is 2.68. The van der Waals surface area contributed by atoms with Gasteiger partial charge in [0.1, 0.15) is 0 Å². The van der Waals surface area contributed by atoms with Crippen LogP contribution >= 0.6 is 0 Å². The molecule has 0 saturated carbocycles. The monoisotopic (exact) mass is 274 g/mol. The van der Waals surface area contributed by atoms with Crippen molar-refractivity contribution in [1.29, 1.82) is 5.26 Å². The van der Waals surface area contributed by atoms with Gasteiger partial charge in [-0.1, -0.05) is 0 Å². The molecule has 1 heterocycles. The molecule has 0 spiro atoms. The zero-order chi connectivity index (χ0) is 11.5. The van der Waals surface area contributed by atoms with Gasteiger partial charge in [-0.2, -0.15) is 0 Å². The fourth-order valence-electron chi connectivity index (χ4n) is 1.80. The van der Waals surface area contributed by atoms with Gasteiger partial charge in [-0.15, -0.1) is 0 Å². The van der Waals surface area contributed by atoms with Gasteiger partial charge in [0, 0.05) is 0 Å². The van der Waals surface area contributed by atoms with Crippen molar-refractivity contribution in [2.45, 2.75) is 23.1 Å². The van der Waals surface area contributed by atoms with Crippen molar-refractivity contribution in [3.63, 3.8) is 0 Å². The predicted octanol–water partition coefficient (Wildman–Crippen LogP) is 3.34. The topological polar surface area (TPSA) is 39.6 Å². The molecule has 0 aliphatic rings. The van der Waals surface area contributed by atoms with Crippen LogP contribution in [0.1, 0.15) is 11.1 Å². The number of hydrogen-bond donors (Lipinski definition) is 1. The first-order valence-electron chi connectivity index (χ1n) is 5.35. The van der Waals surface area contributed by atoms with E-state index in [1.165, 1.54) is 16.2 Å². The summed E-state index contributed by atoms with van der Waals surface area (Å²) in [6.07, 6.45) is 3.23. The molecule has 0 aliphatic heterocycles. The van der Waals surface area contributed by atoms with E-state index in [1.807, 2.05) is 18.2 Å². The van der Waals surface area contributed by atoms with E-state index >= 15 is 0 Å². The minimum atomic E-state index is -0.554. The molecule has 0 bridgehead atoms. The van der Waals surface area contributed by atoms with Gasteiger partial charge in [-0.3, -0.25) is 0 Å². The Morgan fingerprint density at radius 1 is 1.38 bits per heavy atom. The van der Waals surface area contributed by atoms with Crippen molar-refractivity contribution in [2.75, 3.05) is 0 Å². The number of aromatic nitrogens is 1. The Kier molecular flexibility index (Phi) is 3.36. The molecule has 0 unspecified atom stereocenters. The molecule has 0 aliphatic carbocycles. The van der Waals surface area contributed by atoms with Crippen LogP contribution in [0.15, 0.2) is 24.4 Å². The van der Waals surface area contributed by atoms with Gasteiger partial charge in [0.25, 0.3) is 0 Å². The molecule has 0 saturated heterocycles. The Bertz CT molecular complexity index is 534. The number of rotatable bonds is 3. The standard InChI is InChI=1S/C13H15AsN2/c1-14(2)6-5-11-9-16-13-4-3-10(8-15)7-12(11)13/h3-4,7,9,16H,5-6H2,1-2H3. The Morgan fingerprint density at radius 3 is 2.88 bits per heavy atom. The van der Waals surface area contributed by atoms with Crippen molar-refractivity contribution in [3.8, 4) is 6.07 Å². The second-order valence-corrected chi connectivity index (χ2v) is 9.71. The first-order chi connectivity index (χ1) is 7.70. The summed E-state index contributed by atoms with van der Waals surface area (Å²) in [5.41, 5.74) is 8.00. The van der Waals surface area contributed by atoms with E-state index < -0.39 is 14.7 Å². The molecule has 0 fully saturated rings. The predicted molar refractivity (Wildman–Crippen MR) is 69.0 cm³/mol. The van der Waals surface area contributed by atoms with E-state index in [-0.39, 0.29) is 0 Å². The average molecular weight is 274 g/mol. The van der Waals surface area contributed by atoms with Crippen molar-refractivity contribution in [2.24, 2.45) is 0 Å². The van der Waals surface area contributed by atoms with Crippen LogP contribution in [0.4, 0.5) is 0 Å². The molecular formula is C13H15AsN2. The van der Waals surface area contributed by atoms with Gasteiger partial charge in [-0.05, 0) is 0 Å². The third-order valence-corrected chi connectivity index (χ3v) is 5.07. The molecule has 2 rings (SSSR count). The third kappa shape index (κ3) is 2.31. The number of benzene rings is 1. The number of hydrogen-bond acceptors (Lipinski definition) is 1. The molecule has 1 N–H and O–H groups in total. The van der Waals surface area contributed by atoms with Crippen LogP contribution in [0.25, 0.3) is 10.9 Å². The van der Waals surface area contributed by atoms with Crippen molar-refractivity contribution < 1.29 is 0 Å². The number of nitrogens with zero attached hydrogens (tertiary/aromatic N) is 1. The maximum atomic E-state index is 8.89. The first-order valence-corrected chi connectivity index (χ1v) is 10.4. The van der Waals surface area contributed by atoms with E-state index in [1.54, 1.807) is 0 Å². The number of aryl methyl sites for hydroxylation is 1. The van der Waals surface area contributed by atoms with Crippen LogP contribution in [0.2, 0.25) is 16.6 Å². The van der Waals surface area contributed by atoms with Crippen molar-refractivity contribution >= 4 is 25.6 Å². The van der Waals surface area contributed by atoms with E-state index in [2.05, 4.69) is 28.7 Å². The molecule has 0 radical (unpaired) electrons. The maximum absolute atomic E-state index is 8.89. The minimum absolute atomic E-state index is 0.554. The molecule has 1 aromatic carbocycles. The van der Waals surface area contributed by atoms with Gasteiger partial charge in [0.05, 0.1) is 0 Å². The Morgan fingerprint density at radius 2 is 2.19 bits per heavy atom. The van der Waals surface area contributed by atoms with E-state index in [0.29, 0.717) is 0 Å². The molecule has 0 amide bonds. The van der Waals surface area contributed by atoms with Crippen LogP contribution in [-0.4, -0.2) is 19.6 Å². The van der Waals surface area contributed by atoms with Crippen molar-refractivity contribution in [3.05, 3.63) is 35.5 Å². The fourth-order valence-corrected chi connectivity index (χ4v) is 3.24. The number of fused-ring (bicyclic) bond motifs is 1. The van der Waals surface area contributed by atoms with Gasteiger partial charge >= 0.3 is 100 Å². The molecule has 16 heavy (non-hydrogen) atoms. The Labute approximate surface area is 101 Å². The molecule has 0 atom stereocenters. The third-order valence-electron chi connectivity index (χ3n) is 2.72. The van der Waals surface area contributed by atoms with E-state index in [0.717, 1.165) is 17.5 Å². The normalized spacial score (nSPS) is 10.9. The van der Waals surface area contributed by atoms with Gasteiger partial charge in [0.2, 0.25) is 0 Å². The van der Waals surface area contributed by atoms with Crippen molar-refractivity contribution in [1.82, 2.24) is 4.98 Å². The Balaban J connectivity index is 2.35. The zero-order valence-corrected chi connectivity index (χ0v) is 11.5. The van der Waals surface area contributed by atoms with Crippen LogP contribution < -0.4 is 0 Å². The summed E-state index contributed by atoms with van der Waals surface area (Å²) in [4.78, 5) is 3.27. The second kappa shape index (κ2) is 4.76. The zero-order valence-electron chi connectivity index (χ0n) is 9.62. The summed E-state index contributed by atoms with van der Waals surface area (Å²) in [5.74, 6) is 0. The van der Waals surface area contributed by atoms with E-state index in [4.69, 9.17) is 5.26 Å². The number of nitriles is 1. The van der Waals surface area contributed by atoms with Gasteiger partial charge in [0.15, 0.2) is 0 Å². The SMILES string of the molecule is C[As](C)CCc1c[nH]c2ccc(C#N)cc12. The van der Waals surface area contributed by atoms with Gasteiger partial charge in [-0.25, -0.2) is 0 Å². The van der Waals surface area contributed by atoms with Gasteiger partial charge < -0.3 is 0 Å². The number of aromatic amines is 1. The van der Waals surface area contributed by atoms with E-state index in [9.17, 15) is 0 Å². The van der Waals surface area contributed by atoms with Crippen LogP contribution in [-0.2, 0) is 6.42 Å². The summed E-state index contributed by atoms with van der Waals surface area (Å²) in [6, 6.07) is 8.04. The molecule has 82 valence electrons.